The molecular weight excluding hydrogens is 260 g/mol. The number of rotatable bonds is 3. The van der Waals surface area contributed by atoms with Crippen molar-refractivity contribution in [3.05, 3.63) is 71.4 Å². The molecule has 3 aromatic rings. The number of aryl methyl sites for hydroxylation is 1. The lowest BCUT2D eigenvalue weighted by atomic mass is 10.1. The third-order valence-electron chi connectivity index (χ3n) is 3.37. The lowest BCUT2D eigenvalue weighted by Crippen LogP contribution is -2.12. The van der Waals surface area contributed by atoms with Gasteiger partial charge in [-0.05, 0) is 13.0 Å². The summed E-state index contributed by atoms with van der Waals surface area (Å²) in [5, 5.41) is 9.32. The van der Waals surface area contributed by atoms with Crippen molar-refractivity contribution in [2.24, 2.45) is 15.9 Å². The first-order valence-corrected chi connectivity index (χ1v) is 6.75. The number of aromatic amines is 1. The van der Waals surface area contributed by atoms with Crippen molar-refractivity contribution in [2.45, 2.75) is 6.92 Å². The van der Waals surface area contributed by atoms with Crippen LogP contribution in [0.3, 0.4) is 0 Å². The van der Waals surface area contributed by atoms with E-state index in [4.69, 9.17) is 5.73 Å². The second-order valence-electron chi connectivity index (χ2n) is 4.81. The molecule has 104 valence electrons. The van der Waals surface area contributed by atoms with E-state index in [9.17, 15) is 0 Å². The van der Waals surface area contributed by atoms with Gasteiger partial charge in [0.15, 0.2) is 5.84 Å². The predicted octanol–water partition coefficient (Wildman–Crippen LogP) is 3.22. The molecule has 0 saturated carbocycles. The summed E-state index contributed by atoms with van der Waals surface area (Å²) < 4.78 is 0. The summed E-state index contributed by atoms with van der Waals surface area (Å²) in [5.41, 5.74) is 9.97. The SMILES string of the molecule is Cc1[nH]c2ccccc2c1C=NN=C(N)c1ccccc1. The second-order valence-corrected chi connectivity index (χ2v) is 4.81. The zero-order valence-corrected chi connectivity index (χ0v) is 11.7. The topological polar surface area (TPSA) is 66.5 Å². The molecule has 0 radical (unpaired) electrons. The van der Waals surface area contributed by atoms with Gasteiger partial charge in [0.2, 0.25) is 0 Å². The van der Waals surface area contributed by atoms with Crippen LogP contribution in [0, 0.1) is 6.92 Å². The van der Waals surface area contributed by atoms with Crippen molar-refractivity contribution in [1.29, 1.82) is 0 Å². The molecule has 4 heteroatoms. The van der Waals surface area contributed by atoms with Crippen molar-refractivity contribution in [3.8, 4) is 0 Å². The van der Waals surface area contributed by atoms with E-state index in [2.05, 4.69) is 21.3 Å². The van der Waals surface area contributed by atoms with Gasteiger partial charge in [-0.1, -0.05) is 48.5 Å². The Kier molecular flexibility index (Phi) is 3.51. The fourth-order valence-corrected chi connectivity index (χ4v) is 2.28. The Bertz CT molecular complexity index is 813. The first kappa shape index (κ1) is 13.1. The molecule has 0 aliphatic heterocycles. The van der Waals surface area contributed by atoms with Gasteiger partial charge in [-0.25, -0.2) is 0 Å². The number of fused-ring (bicyclic) bond motifs is 1. The molecule has 0 bridgehead atoms. The van der Waals surface area contributed by atoms with Gasteiger partial charge in [0, 0.05) is 27.7 Å². The van der Waals surface area contributed by atoms with E-state index in [1.807, 2.05) is 55.5 Å². The molecule has 0 unspecified atom stereocenters. The van der Waals surface area contributed by atoms with Gasteiger partial charge in [0.25, 0.3) is 0 Å². The minimum atomic E-state index is 0.407. The lowest BCUT2D eigenvalue weighted by molar-refractivity contribution is 1.22. The standard InChI is InChI=1S/C17H16N4/c1-12-15(14-9-5-6-10-16(14)20-12)11-19-21-17(18)13-7-3-2-4-8-13/h2-11,20H,1H3,(H2,18,21). The fraction of sp³-hybridized carbons (Fsp3) is 0.0588. The first-order chi connectivity index (χ1) is 10.3. The Hall–Kier alpha value is -2.88. The molecule has 2 aromatic carbocycles. The molecule has 0 aliphatic carbocycles. The van der Waals surface area contributed by atoms with Gasteiger partial charge >= 0.3 is 0 Å². The largest absolute Gasteiger partial charge is 0.382 e. The molecule has 4 nitrogen and oxygen atoms in total. The summed E-state index contributed by atoms with van der Waals surface area (Å²) in [4.78, 5) is 3.33. The van der Waals surface area contributed by atoms with E-state index in [1.54, 1.807) is 6.21 Å². The average Bonchev–Trinajstić information content (AvgIpc) is 2.84. The monoisotopic (exact) mass is 276 g/mol. The van der Waals surface area contributed by atoms with Crippen LogP contribution in [0.5, 0.6) is 0 Å². The molecule has 0 saturated heterocycles. The van der Waals surface area contributed by atoms with Crippen LogP contribution >= 0.6 is 0 Å². The highest BCUT2D eigenvalue weighted by molar-refractivity contribution is 6.01. The number of nitrogens with zero attached hydrogens (tertiary/aromatic N) is 2. The molecule has 0 amide bonds. The predicted molar refractivity (Wildman–Crippen MR) is 87.8 cm³/mol. The molecular formula is C17H16N4. The summed E-state index contributed by atoms with van der Waals surface area (Å²) in [6.45, 7) is 2.02. The Morgan fingerprint density at radius 2 is 1.76 bits per heavy atom. The van der Waals surface area contributed by atoms with Gasteiger partial charge < -0.3 is 10.7 Å². The molecule has 3 N–H and O–H groups in total. The molecule has 0 aliphatic rings. The normalized spacial score (nSPS) is 12.3. The highest BCUT2D eigenvalue weighted by Gasteiger charge is 2.04. The van der Waals surface area contributed by atoms with Gasteiger partial charge in [-0.2, -0.15) is 5.10 Å². The van der Waals surface area contributed by atoms with Crippen molar-refractivity contribution in [3.63, 3.8) is 0 Å². The molecule has 1 aromatic heterocycles. The summed E-state index contributed by atoms with van der Waals surface area (Å²) in [6, 6.07) is 17.7. The van der Waals surface area contributed by atoms with Gasteiger partial charge in [-0.15, -0.1) is 5.10 Å². The van der Waals surface area contributed by atoms with E-state index in [0.717, 1.165) is 27.7 Å². The van der Waals surface area contributed by atoms with Crippen LogP contribution in [-0.2, 0) is 0 Å². The number of amidine groups is 1. The van der Waals surface area contributed by atoms with Crippen LogP contribution in [0.15, 0.2) is 64.8 Å². The number of nitrogens with one attached hydrogen (secondary N) is 1. The minimum absolute atomic E-state index is 0.407. The minimum Gasteiger partial charge on any atom is -0.382 e. The highest BCUT2D eigenvalue weighted by Crippen LogP contribution is 2.19. The molecule has 3 rings (SSSR count). The quantitative estimate of drug-likeness (QED) is 0.430. The summed E-state index contributed by atoms with van der Waals surface area (Å²) >= 11 is 0. The molecule has 21 heavy (non-hydrogen) atoms. The molecule has 0 atom stereocenters. The zero-order chi connectivity index (χ0) is 14.7. The van der Waals surface area contributed by atoms with Crippen LogP contribution in [0.25, 0.3) is 10.9 Å². The zero-order valence-electron chi connectivity index (χ0n) is 11.7. The lowest BCUT2D eigenvalue weighted by Gasteiger charge is -1.96. The van der Waals surface area contributed by atoms with Crippen molar-refractivity contribution < 1.29 is 0 Å². The Morgan fingerprint density at radius 3 is 2.57 bits per heavy atom. The van der Waals surface area contributed by atoms with Crippen molar-refractivity contribution in [1.82, 2.24) is 4.98 Å². The van der Waals surface area contributed by atoms with Gasteiger partial charge in [-0.3, -0.25) is 0 Å². The first-order valence-electron chi connectivity index (χ1n) is 6.75. The molecule has 1 heterocycles. The number of hydrogen-bond donors (Lipinski definition) is 2. The molecule has 0 spiro atoms. The summed E-state index contributed by atoms with van der Waals surface area (Å²) in [6.07, 6.45) is 1.74. The Labute approximate surface area is 123 Å². The number of benzene rings is 2. The van der Waals surface area contributed by atoms with Gasteiger partial charge in [0.05, 0.1) is 6.21 Å². The van der Waals surface area contributed by atoms with E-state index in [-0.39, 0.29) is 0 Å². The summed E-state index contributed by atoms with van der Waals surface area (Å²) in [5.74, 6) is 0.407. The van der Waals surface area contributed by atoms with Crippen LogP contribution in [0.1, 0.15) is 16.8 Å². The third kappa shape index (κ3) is 2.69. The maximum Gasteiger partial charge on any atom is 0.153 e. The van der Waals surface area contributed by atoms with Crippen LogP contribution < -0.4 is 5.73 Å². The summed E-state index contributed by atoms with van der Waals surface area (Å²) in [7, 11) is 0. The van der Waals surface area contributed by atoms with Crippen LogP contribution in [0.2, 0.25) is 0 Å². The van der Waals surface area contributed by atoms with E-state index in [0.29, 0.717) is 5.84 Å². The number of hydrogen-bond acceptors (Lipinski definition) is 2. The number of aromatic nitrogens is 1. The number of nitrogens with two attached hydrogens (primary N) is 1. The van der Waals surface area contributed by atoms with E-state index < -0.39 is 0 Å². The Morgan fingerprint density at radius 1 is 1.05 bits per heavy atom. The highest BCUT2D eigenvalue weighted by atomic mass is 15.2. The maximum absolute atomic E-state index is 5.91. The van der Waals surface area contributed by atoms with E-state index >= 15 is 0 Å². The third-order valence-corrected chi connectivity index (χ3v) is 3.37. The number of para-hydroxylation sites is 1. The average molecular weight is 276 g/mol. The second kappa shape index (κ2) is 5.63. The van der Waals surface area contributed by atoms with Crippen molar-refractivity contribution in [2.75, 3.05) is 0 Å². The van der Waals surface area contributed by atoms with Gasteiger partial charge in [0.1, 0.15) is 0 Å². The van der Waals surface area contributed by atoms with Crippen LogP contribution in [0.4, 0.5) is 0 Å². The Balaban J connectivity index is 1.90. The molecule has 0 fully saturated rings. The maximum atomic E-state index is 5.91. The van der Waals surface area contributed by atoms with E-state index in [1.165, 1.54) is 0 Å². The fourth-order valence-electron chi connectivity index (χ4n) is 2.28. The van der Waals surface area contributed by atoms with Crippen molar-refractivity contribution >= 4 is 23.0 Å². The smallest absolute Gasteiger partial charge is 0.153 e. The van der Waals surface area contributed by atoms with Crippen LogP contribution in [-0.4, -0.2) is 17.0 Å². The number of H-pyrrole nitrogens is 1.